The Bertz CT molecular complexity index is 3310. The molecule has 0 fully saturated rings. The Balaban J connectivity index is 1.25. The van der Waals surface area contributed by atoms with E-state index in [4.69, 9.17) is 19.4 Å². The van der Waals surface area contributed by atoms with Gasteiger partial charge in [0.1, 0.15) is 11.2 Å². The molecule has 0 aliphatic heterocycles. The van der Waals surface area contributed by atoms with E-state index < -0.39 is 5.41 Å². The number of hydrogen-bond acceptors (Lipinski definition) is 4. The van der Waals surface area contributed by atoms with Crippen molar-refractivity contribution < 1.29 is 4.42 Å². The van der Waals surface area contributed by atoms with Crippen LogP contribution in [0.1, 0.15) is 22.3 Å². The molecule has 0 N–H and O–H groups in total. The van der Waals surface area contributed by atoms with E-state index in [1.165, 1.54) is 33.4 Å². The van der Waals surface area contributed by atoms with Crippen LogP contribution in [0.15, 0.2) is 199 Å². The largest absolute Gasteiger partial charge is 0.455 e. The summed E-state index contributed by atoms with van der Waals surface area (Å²) in [5.74, 6) is 1.67. The van der Waals surface area contributed by atoms with E-state index in [9.17, 15) is 0 Å². The van der Waals surface area contributed by atoms with Gasteiger partial charge in [0, 0.05) is 32.7 Å². The quantitative estimate of drug-likeness (QED) is 0.177. The lowest BCUT2D eigenvalue weighted by Crippen LogP contribution is -2.29. The Labute approximate surface area is 328 Å². The van der Waals surface area contributed by atoms with Gasteiger partial charge < -0.3 is 4.42 Å². The number of hydrogen-bond donors (Lipinski definition) is 0. The lowest BCUT2D eigenvalue weighted by Gasteiger charge is -2.34. The fourth-order valence-electron chi connectivity index (χ4n) is 9.42. The predicted molar refractivity (Wildman–Crippen MR) is 230 cm³/mol. The minimum Gasteiger partial charge on any atom is -0.455 e. The first-order chi connectivity index (χ1) is 28.3. The third-order valence-electron chi connectivity index (χ3n) is 11.7. The van der Waals surface area contributed by atoms with E-state index in [-0.39, 0.29) is 0 Å². The van der Waals surface area contributed by atoms with Crippen molar-refractivity contribution in [1.82, 2.24) is 19.5 Å². The fraction of sp³-hybridized carbons (Fsp3) is 0.0192. The number of para-hydroxylation sites is 3. The van der Waals surface area contributed by atoms with E-state index in [0.29, 0.717) is 17.6 Å². The number of benzene rings is 8. The van der Waals surface area contributed by atoms with Gasteiger partial charge in [-0.05, 0) is 46.0 Å². The maximum absolute atomic E-state index is 6.57. The monoisotopic (exact) mass is 728 g/mol. The molecule has 3 heterocycles. The third-order valence-corrected chi connectivity index (χ3v) is 11.7. The van der Waals surface area contributed by atoms with Crippen LogP contribution >= 0.6 is 0 Å². The van der Waals surface area contributed by atoms with Gasteiger partial charge in [-0.25, -0.2) is 4.98 Å². The van der Waals surface area contributed by atoms with Crippen molar-refractivity contribution in [2.45, 2.75) is 5.41 Å². The van der Waals surface area contributed by atoms with Crippen LogP contribution in [0.25, 0.3) is 83.6 Å². The SMILES string of the molecule is c1ccc(-c2nc(-c3cccc4c3oc3ccccc34)nc(-n3c4ccccc4c4ccc5c(c43)C(c3ccccc3)(c3ccccc3)c3ccccc3-5)n2)cc1. The van der Waals surface area contributed by atoms with E-state index in [1.807, 2.05) is 36.4 Å². The molecule has 0 bridgehead atoms. The van der Waals surface area contributed by atoms with Crippen molar-refractivity contribution >= 4 is 43.7 Å². The molecule has 0 radical (unpaired) electrons. The zero-order valence-electron chi connectivity index (χ0n) is 30.7. The van der Waals surface area contributed by atoms with Gasteiger partial charge in [0.15, 0.2) is 11.6 Å². The van der Waals surface area contributed by atoms with Crippen molar-refractivity contribution in [3.63, 3.8) is 0 Å². The van der Waals surface area contributed by atoms with Crippen molar-refractivity contribution in [3.8, 4) is 39.9 Å². The second kappa shape index (κ2) is 12.2. The minimum atomic E-state index is -0.641. The molecule has 0 atom stereocenters. The molecule has 0 spiro atoms. The highest BCUT2D eigenvalue weighted by Gasteiger charge is 2.48. The molecule has 5 nitrogen and oxygen atoms in total. The zero-order valence-corrected chi connectivity index (χ0v) is 30.7. The fourth-order valence-corrected chi connectivity index (χ4v) is 9.42. The molecule has 3 aromatic heterocycles. The first-order valence-corrected chi connectivity index (χ1v) is 19.3. The van der Waals surface area contributed by atoms with E-state index in [1.54, 1.807) is 0 Å². The lowest BCUT2D eigenvalue weighted by atomic mass is 9.67. The van der Waals surface area contributed by atoms with Gasteiger partial charge in [0.05, 0.1) is 22.0 Å². The van der Waals surface area contributed by atoms with Gasteiger partial charge in [-0.15, -0.1) is 0 Å². The molecule has 12 rings (SSSR count). The summed E-state index contributed by atoms with van der Waals surface area (Å²) in [6.45, 7) is 0. The molecule has 8 aromatic carbocycles. The summed E-state index contributed by atoms with van der Waals surface area (Å²) in [6.07, 6.45) is 0. The van der Waals surface area contributed by atoms with Crippen LogP contribution in [0.4, 0.5) is 0 Å². The van der Waals surface area contributed by atoms with Gasteiger partial charge in [-0.3, -0.25) is 4.57 Å². The summed E-state index contributed by atoms with van der Waals surface area (Å²) in [5, 5.41) is 4.34. The summed E-state index contributed by atoms with van der Waals surface area (Å²) >= 11 is 0. The lowest BCUT2D eigenvalue weighted by molar-refractivity contribution is 0.669. The number of rotatable bonds is 5. The molecule has 5 heteroatoms. The Morgan fingerprint density at radius 3 is 1.82 bits per heavy atom. The average Bonchev–Trinajstić information content (AvgIpc) is 3.94. The highest BCUT2D eigenvalue weighted by atomic mass is 16.3. The second-order valence-corrected chi connectivity index (χ2v) is 14.7. The van der Waals surface area contributed by atoms with Crippen LogP contribution < -0.4 is 0 Å². The number of nitrogens with zero attached hydrogens (tertiary/aromatic N) is 4. The summed E-state index contributed by atoms with van der Waals surface area (Å²) in [7, 11) is 0. The Morgan fingerprint density at radius 1 is 0.421 bits per heavy atom. The van der Waals surface area contributed by atoms with E-state index >= 15 is 0 Å². The van der Waals surface area contributed by atoms with Crippen molar-refractivity contribution in [2.75, 3.05) is 0 Å². The molecule has 1 aliphatic rings. The van der Waals surface area contributed by atoms with Crippen molar-refractivity contribution in [1.29, 1.82) is 0 Å². The molecular formula is C52H32N4O. The molecule has 1 aliphatic carbocycles. The van der Waals surface area contributed by atoms with Gasteiger partial charge in [-0.2, -0.15) is 9.97 Å². The molecule has 0 saturated heterocycles. The van der Waals surface area contributed by atoms with E-state index in [0.717, 1.165) is 54.9 Å². The molecule has 57 heavy (non-hydrogen) atoms. The van der Waals surface area contributed by atoms with Gasteiger partial charge >= 0.3 is 0 Å². The highest BCUT2D eigenvalue weighted by molar-refractivity contribution is 6.14. The van der Waals surface area contributed by atoms with Crippen LogP contribution in [0, 0.1) is 0 Å². The maximum atomic E-state index is 6.57. The number of furan rings is 1. The molecule has 0 amide bonds. The first-order valence-electron chi connectivity index (χ1n) is 19.3. The number of fused-ring (bicyclic) bond motifs is 10. The minimum absolute atomic E-state index is 0.539. The average molecular weight is 729 g/mol. The van der Waals surface area contributed by atoms with Crippen LogP contribution in [-0.2, 0) is 5.41 Å². The highest BCUT2D eigenvalue weighted by Crippen LogP contribution is 2.59. The summed E-state index contributed by atoms with van der Waals surface area (Å²) in [6, 6.07) is 68.5. The van der Waals surface area contributed by atoms with Crippen molar-refractivity contribution in [3.05, 3.63) is 216 Å². The van der Waals surface area contributed by atoms with Gasteiger partial charge in [0.2, 0.25) is 5.95 Å². The Kier molecular flexibility index (Phi) is 6.78. The van der Waals surface area contributed by atoms with Crippen molar-refractivity contribution in [2.24, 2.45) is 0 Å². The standard InChI is InChI=1S/C52H32N4O/c1-4-17-33(18-5-1)49-53-50(42-27-16-26-41-38-25-12-15-30-45(38)57-48(41)42)55-51(54-49)56-44-29-14-11-24-37(44)40-32-31-39-36-23-10-13-28-43(36)52(46(39)47(40)56,34-19-6-2-7-20-34)35-21-8-3-9-22-35/h1-32H. The number of aromatic nitrogens is 4. The van der Waals surface area contributed by atoms with Gasteiger partial charge in [-0.1, -0.05) is 176 Å². The Morgan fingerprint density at radius 2 is 1.04 bits per heavy atom. The topological polar surface area (TPSA) is 56.7 Å². The second-order valence-electron chi connectivity index (χ2n) is 14.7. The summed E-state index contributed by atoms with van der Waals surface area (Å²) in [4.78, 5) is 16.0. The summed E-state index contributed by atoms with van der Waals surface area (Å²) < 4.78 is 8.85. The third kappa shape index (κ3) is 4.48. The molecule has 11 aromatic rings. The summed E-state index contributed by atoms with van der Waals surface area (Å²) in [5.41, 5.74) is 12.0. The normalized spacial score (nSPS) is 13.1. The van der Waals surface area contributed by atoms with Gasteiger partial charge in [0.25, 0.3) is 0 Å². The van der Waals surface area contributed by atoms with Crippen LogP contribution in [0.2, 0.25) is 0 Å². The molecular weight excluding hydrogens is 697 g/mol. The Hall–Kier alpha value is -7.63. The predicted octanol–water partition coefficient (Wildman–Crippen LogP) is 12.6. The van der Waals surface area contributed by atoms with Crippen LogP contribution in [0.3, 0.4) is 0 Å². The zero-order chi connectivity index (χ0) is 37.5. The molecule has 266 valence electrons. The van der Waals surface area contributed by atoms with E-state index in [2.05, 4.69) is 162 Å². The van der Waals surface area contributed by atoms with Crippen LogP contribution in [-0.4, -0.2) is 19.5 Å². The molecule has 0 saturated carbocycles. The smallest absolute Gasteiger partial charge is 0.238 e. The molecule has 0 unspecified atom stereocenters. The maximum Gasteiger partial charge on any atom is 0.238 e. The first kappa shape index (κ1) is 31.7. The van der Waals surface area contributed by atoms with Crippen LogP contribution in [0.5, 0.6) is 0 Å².